The van der Waals surface area contributed by atoms with Gasteiger partial charge in [0, 0.05) is 12.6 Å². The first-order valence-electron chi connectivity index (χ1n) is 6.23. The summed E-state index contributed by atoms with van der Waals surface area (Å²) in [6.07, 6.45) is 10.2. The second-order valence-corrected chi connectivity index (χ2v) is 4.75. The number of hydrogen-bond donors (Lipinski definition) is 1. The van der Waals surface area contributed by atoms with Gasteiger partial charge in [-0.25, -0.2) is 0 Å². The van der Waals surface area contributed by atoms with Crippen LogP contribution in [0.4, 0.5) is 0 Å². The van der Waals surface area contributed by atoms with Gasteiger partial charge in [0.25, 0.3) is 0 Å². The first-order chi connectivity index (χ1) is 7.24. The third-order valence-electron chi connectivity index (χ3n) is 3.40. The molecule has 0 saturated heterocycles. The van der Waals surface area contributed by atoms with E-state index in [0.29, 0.717) is 6.04 Å². The van der Waals surface area contributed by atoms with Crippen LogP contribution in [0.25, 0.3) is 0 Å². The second kappa shape index (κ2) is 7.02. The molecular weight excluding hydrogens is 186 g/mol. The standard InChI is InChI=1S/C13H25NO/c1-3-4-10-13(15)11-14(2)12-8-6-5-7-9-12/h3,12-13,15H,1,4-11H2,2H3. The van der Waals surface area contributed by atoms with Crippen LogP contribution in [-0.4, -0.2) is 35.7 Å². The van der Waals surface area contributed by atoms with Crippen LogP contribution in [0.1, 0.15) is 44.9 Å². The van der Waals surface area contributed by atoms with E-state index < -0.39 is 0 Å². The average molecular weight is 211 g/mol. The molecule has 88 valence electrons. The van der Waals surface area contributed by atoms with E-state index in [-0.39, 0.29) is 6.10 Å². The van der Waals surface area contributed by atoms with Crippen molar-refractivity contribution in [1.82, 2.24) is 4.90 Å². The number of aliphatic hydroxyl groups excluding tert-OH is 1. The summed E-state index contributed by atoms with van der Waals surface area (Å²) in [5, 5.41) is 9.79. The van der Waals surface area contributed by atoms with Gasteiger partial charge in [-0.3, -0.25) is 0 Å². The molecule has 0 spiro atoms. The van der Waals surface area contributed by atoms with Crippen molar-refractivity contribution in [3.63, 3.8) is 0 Å². The topological polar surface area (TPSA) is 23.5 Å². The zero-order valence-corrected chi connectivity index (χ0v) is 9.99. The largest absolute Gasteiger partial charge is 0.392 e. The first kappa shape index (κ1) is 12.7. The fraction of sp³-hybridized carbons (Fsp3) is 0.846. The van der Waals surface area contributed by atoms with Crippen molar-refractivity contribution in [3.05, 3.63) is 12.7 Å². The molecule has 15 heavy (non-hydrogen) atoms. The van der Waals surface area contributed by atoms with Gasteiger partial charge in [-0.1, -0.05) is 25.3 Å². The molecule has 2 nitrogen and oxygen atoms in total. The SMILES string of the molecule is C=CCCC(O)CN(C)C1CCCCC1. The van der Waals surface area contributed by atoms with Crippen LogP contribution in [-0.2, 0) is 0 Å². The zero-order chi connectivity index (χ0) is 11.1. The van der Waals surface area contributed by atoms with Crippen LogP contribution >= 0.6 is 0 Å². The smallest absolute Gasteiger partial charge is 0.0670 e. The third-order valence-corrected chi connectivity index (χ3v) is 3.40. The van der Waals surface area contributed by atoms with Crippen molar-refractivity contribution in [1.29, 1.82) is 0 Å². The molecular formula is C13H25NO. The minimum atomic E-state index is -0.185. The number of aliphatic hydroxyl groups is 1. The van der Waals surface area contributed by atoms with Gasteiger partial charge in [0.05, 0.1) is 6.10 Å². The molecule has 0 aromatic carbocycles. The molecule has 1 unspecified atom stereocenters. The Labute approximate surface area is 94.0 Å². The fourth-order valence-corrected chi connectivity index (χ4v) is 2.40. The molecule has 0 heterocycles. The summed E-state index contributed by atoms with van der Waals surface area (Å²) in [4.78, 5) is 2.34. The van der Waals surface area contributed by atoms with Crippen LogP contribution in [0.2, 0.25) is 0 Å². The van der Waals surface area contributed by atoms with Gasteiger partial charge in [0.2, 0.25) is 0 Å². The summed E-state index contributed by atoms with van der Waals surface area (Å²) in [5.41, 5.74) is 0. The van der Waals surface area contributed by atoms with Crippen LogP contribution in [0.5, 0.6) is 0 Å². The summed E-state index contributed by atoms with van der Waals surface area (Å²) in [5.74, 6) is 0. The van der Waals surface area contributed by atoms with Crippen molar-refractivity contribution in [2.75, 3.05) is 13.6 Å². The zero-order valence-electron chi connectivity index (χ0n) is 9.99. The van der Waals surface area contributed by atoms with Crippen LogP contribution in [0.3, 0.4) is 0 Å². The number of hydrogen-bond acceptors (Lipinski definition) is 2. The molecule has 0 aromatic rings. The monoisotopic (exact) mass is 211 g/mol. The van der Waals surface area contributed by atoms with E-state index in [1.165, 1.54) is 32.1 Å². The van der Waals surface area contributed by atoms with E-state index in [2.05, 4.69) is 18.5 Å². The van der Waals surface area contributed by atoms with Crippen LogP contribution in [0.15, 0.2) is 12.7 Å². The highest BCUT2D eigenvalue weighted by molar-refractivity contribution is 4.76. The normalized spacial score (nSPS) is 20.5. The highest BCUT2D eigenvalue weighted by Gasteiger charge is 2.19. The van der Waals surface area contributed by atoms with E-state index in [1.54, 1.807) is 0 Å². The maximum absolute atomic E-state index is 9.79. The Kier molecular flexibility index (Phi) is 5.96. The Morgan fingerprint density at radius 2 is 2.07 bits per heavy atom. The lowest BCUT2D eigenvalue weighted by Gasteiger charge is -2.32. The quantitative estimate of drug-likeness (QED) is 0.683. The Balaban J connectivity index is 2.20. The second-order valence-electron chi connectivity index (χ2n) is 4.75. The van der Waals surface area contributed by atoms with E-state index in [4.69, 9.17) is 0 Å². The first-order valence-corrected chi connectivity index (χ1v) is 6.23. The van der Waals surface area contributed by atoms with Gasteiger partial charge >= 0.3 is 0 Å². The van der Waals surface area contributed by atoms with Gasteiger partial charge in [0.15, 0.2) is 0 Å². The molecule has 1 aliphatic carbocycles. The highest BCUT2D eigenvalue weighted by atomic mass is 16.3. The molecule has 1 N–H and O–H groups in total. The summed E-state index contributed by atoms with van der Waals surface area (Å²) >= 11 is 0. The molecule has 1 aliphatic rings. The van der Waals surface area contributed by atoms with E-state index in [9.17, 15) is 5.11 Å². The molecule has 0 aromatic heterocycles. The average Bonchev–Trinajstić information content (AvgIpc) is 2.27. The minimum absolute atomic E-state index is 0.185. The maximum atomic E-state index is 9.79. The molecule has 1 fully saturated rings. The lowest BCUT2D eigenvalue weighted by Crippen LogP contribution is -2.38. The number of nitrogens with zero attached hydrogens (tertiary/aromatic N) is 1. The molecule has 0 aliphatic heterocycles. The Hall–Kier alpha value is -0.340. The molecule has 1 saturated carbocycles. The van der Waals surface area contributed by atoms with Crippen LogP contribution in [0, 0.1) is 0 Å². The van der Waals surface area contributed by atoms with Gasteiger partial charge in [-0.2, -0.15) is 0 Å². The highest BCUT2D eigenvalue weighted by Crippen LogP contribution is 2.21. The van der Waals surface area contributed by atoms with E-state index in [1.807, 2.05) is 6.08 Å². The van der Waals surface area contributed by atoms with Crippen molar-refractivity contribution in [2.24, 2.45) is 0 Å². The summed E-state index contributed by atoms with van der Waals surface area (Å²) in [6, 6.07) is 0.706. The number of rotatable bonds is 6. The van der Waals surface area contributed by atoms with E-state index >= 15 is 0 Å². The lowest BCUT2D eigenvalue weighted by atomic mass is 9.94. The summed E-state index contributed by atoms with van der Waals surface area (Å²) in [6.45, 7) is 4.49. The van der Waals surface area contributed by atoms with Crippen molar-refractivity contribution >= 4 is 0 Å². The molecule has 0 amide bonds. The maximum Gasteiger partial charge on any atom is 0.0670 e. The Morgan fingerprint density at radius 3 is 2.67 bits per heavy atom. The van der Waals surface area contributed by atoms with Gasteiger partial charge in [-0.15, -0.1) is 6.58 Å². The molecule has 2 heteroatoms. The van der Waals surface area contributed by atoms with Gasteiger partial charge in [0.1, 0.15) is 0 Å². The van der Waals surface area contributed by atoms with Crippen LogP contribution < -0.4 is 0 Å². The van der Waals surface area contributed by atoms with Gasteiger partial charge < -0.3 is 10.0 Å². The Bertz CT molecular complexity index is 175. The number of allylic oxidation sites excluding steroid dienone is 1. The number of likely N-dealkylation sites (N-methyl/N-ethyl adjacent to an activating group) is 1. The predicted octanol–water partition coefficient (Wildman–Crippen LogP) is 2.58. The lowest BCUT2D eigenvalue weighted by molar-refractivity contribution is 0.0864. The van der Waals surface area contributed by atoms with Crippen molar-refractivity contribution in [3.8, 4) is 0 Å². The van der Waals surface area contributed by atoms with E-state index in [0.717, 1.165) is 19.4 Å². The van der Waals surface area contributed by atoms with Crippen molar-refractivity contribution in [2.45, 2.75) is 57.1 Å². The minimum Gasteiger partial charge on any atom is -0.392 e. The molecule has 0 radical (unpaired) electrons. The third kappa shape index (κ3) is 4.80. The Morgan fingerprint density at radius 1 is 1.40 bits per heavy atom. The van der Waals surface area contributed by atoms with Gasteiger partial charge in [-0.05, 0) is 32.7 Å². The van der Waals surface area contributed by atoms with Crippen molar-refractivity contribution < 1.29 is 5.11 Å². The molecule has 1 atom stereocenters. The summed E-state index contributed by atoms with van der Waals surface area (Å²) in [7, 11) is 2.15. The summed E-state index contributed by atoms with van der Waals surface area (Å²) < 4.78 is 0. The fourth-order valence-electron chi connectivity index (χ4n) is 2.40. The predicted molar refractivity (Wildman–Crippen MR) is 64.9 cm³/mol. The molecule has 1 rings (SSSR count). The molecule has 0 bridgehead atoms.